The van der Waals surface area contributed by atoms with Gasteiger partial charge in [0.15, 0.2) is 11.5 Å². The predicted molar refractivity (Wildman–Crippen MR) is 103 cm³/mol. The molecule has 0 saturated heterocycles. The summed E-state index contributed by atoms with van der Waals surface area (Å²) < 4.78 is 11.0. The molecule has 1 amide bonds. The zero-order chi connectivity index (χ0) is 17.8. The summed E-state index contributed by atoms with van der Waals surface area (Å²) in [6, 6.07) is 11.0. The molecule has 132 valence electrons. The standard InChI is InChI=1S/C18H17Cl2NO3S/c1-11(12-4-2-3-5-13(12)19)25-10-18(22)21-15-9-17-16(8-14(15)20)23-6-7-24-17/h2-5,8-9,11H,6-7,10H2,1H3,(H,21,22). The van der Waals surface area contributed by atoms with E-state index in [0.29, 0.717) is 40.4 Å². The van der Waals surface area contributed by atoms with Crippen LogP contribution >= 0.6 is 35.0 Å². The number of carbonyl (C=O) groups is 1. The highest BCUT2D eigenvalue weighted by Gasteiger charge is 2.17. The van der Waals surface area contributed by atoms with E-state index in [1.54, 1.807) is 12.1 Å². The number of hydrogen-bond donors (Lipinski definition) is 1. The molecule has 1 N–H and O–H groups in total. The third kappa shape index (κ3) is 4.54. The van der Waals surface area contributed by atoms with Gasteiger partial charge in [0.2, 0.25) is 5.91 Å². The van der Waals surface area contributed by atoms with E-state index in [9.17, 15) is 4.79 Å². The first kappa shape index (κ1) is 18.2. The van der Waals surface area contributed by atoms with E-state index in [1.807, 2.05) is 31.2 Å². The van der Waals surface area contributed by atoms with Crippen molar-refractivity contribution >= 4 is 46.6 Å². The maximum atomic E-state index is 12.3. The summed E-state index contributed by atoms with van der Waals surface area (Å²) in [5, 5.41) is 4.05. The maximum absolute atomic E-state index is 12.3. The first-order valence-electron chi connectivity index (χ1n) is 7.79. The van der Waals surface area contributed by atoms with Gasteiger partial charge in [0.1, 0.15) is 13.2 Å². The number of ether oxygens (including phenoxy) is 2. The summed E-state index contributed by atoms with van der Waals surface area (Å²) in [6.07, 6.45) is 0. The zero-order valence-corrected chi connectivity index (χ0v) is 15.9. The van der Waals surface area contributed by atoms with Crippen LogP contribution in [-0.4, -0.2) is 24.9 Å². The number of nitrogens with one attached hydrogen (secondary N) is 1. The Bertz CT molecular complexity index is 785. The van der Waals surface area contributed by atoms with Gasteiger partial charge in [0, 0.05) is 22.4 Å². The third-order valence-electron chi connectivity index (χ3n) is 3.71. The first-order valence-corrected chi connectivity index (χ1v) is 9.60. The van der Waals surface area contributed by atoms with Gasteiger partial charge < -0.3 is 14.8 Å². The van der Waals surface area contributed by atoms with Crippen LogP contribution in [0.25, 0.3) is 0 Å². The molecular weight excluding hydrogens is 381 g/mol. The SMILES string of the molecule is CC(SCC(=O)Nc1cc2c(cc1Cl)OCCO2)c1ccccc1Cl. The summed E-state index contributed by atoms with van der Waals surface area (Å²) >= 11 is 13.9. The van der Waals surface area contributed by atoms with Gasteiger partial charge in [0.25, 0.3) is 0 Å². The summed E-state index contributed by atoms with van der Waals surface area (Å²) in [6.45, 7) is 3.00. The smallest absolute Gasteiger partial charge is 0.234 e. The molecule has 0 aliphatic carbocycles. The molecule has 7 heteroatoms. The zero-order valence-electron chi connectivity index (χ0n) is 13.6. The number of rotatable bonds is 5. The van der Waals surface area contributed by atoms with E-state index >= 15 is 0 Å². The fourth-order valence-electron chi connectivity index (χ4n) is 2.44. The number of anilines is 1. The van der Waals surface area contributed by atoms with Crippen LogP contribution in [0.3, 0.4) is 0 Å². The van der Waals surface area contributed by atoms with Crippen LogP contribution in [0.5, 0.6) is 11.5 Å². The van der Waals surface area contributed by atoms with Crippen molar-refractivity contribution in [2.75, 3.05) is 24.3 Å². The van der Waals surface area contributed by atoms with E-state index in [0.717, 1.165) is 5.56 Å². The van der Waals surface area contributed by atoms with Crippen LogP contribution in [0, 0.1) is 0 Å². The first-order chi connectivity index (χ1) is 12.0. The second-order valence-corrected chi connectivity index (χ2v) is 7.64. The maximum Gasteiger partial charge on any atom is 0.234 e. The molecule has 1 atom stereocenters. The van der Waals surface area contributed by atoms with Gasteiger partial charge in [0.05, 0.1) is 16.5 Å². The van der Waals surface area contributed by atoms with Crippen molar-refractivity contribution in [2.45, 2.75) is 12.2 Å². The second kappa shape index (κ2) is 8.21. The van der Waals surface area contributed by atoms with Gasteiger partial charge in [-0.15, -0.1) is 11.8 Å². The number of thioether (sulfide) groups is 1. The van der Waals surface area contributed by atoms with Gasteiger partial charge in [-0.3, -0.25) is 4.79 Å². The fourth-order valence-corrected chi connectivity index (χ4v) is 3.86. The van der Waals surface area contributed by atoms with Crippen molar-refractivity contribution in [3.8, 4) is 11.5 Å². The monoisotopic (exact) mass is 397 g/mol. The highest BCUT2D eigenvalue weighted by Crippen LogP contribution is 2.38. The van der Waals surface area contributed by atoms with Gasteiger partial charge in [-0.25, -0.2) is 0 Å². The fraction of sp³-hybridized carbons (Fsp3) is 0.278. The Morgan fingerprint density at radius 3 is 2.56 bits per heavy atom. The summed E-state index contributed by atoms with van der Waals surface area (Å²) in [5.41, 5.74) is 1.53. The third-order valence-corrected chi connectivity index (χ3v) is 5.55. The molecule has 25 heavy (non-hydrogen) atoms. The van der Waals surface area contributed by atoms with Crippen molar-refractivity contribution in [1.29, 1.82) is 0 Å². The Morgan fingerprint density at radius 2 is 1.84 bits per heavy atom. The Kier molecular flexibility index (Phi) is 5.99. The van der Waals surface area contributed by atoms with Crippen LogP contribution in [0.1, 0.15) is 17.7 Å². The normalized spacial score (nSPS) is 14.0. The summed E-state index contributed by atoms with van der Waals surface area (Å²) in [5.74, 6) is 1.33. The van der Waals surface area contributed by atoms with Crippen molar-refractivity contribution < 1.29 is 14.3 Å². The van der Waals surface area contributed by atoms with Gasteiger partial charge >= 0.3 is 0 Å². The summed E-state index contributed by atoms with van der Waals surface area (Å²) in [4.78, 5) is 12.3. The highest BCUT2D eigenvalue weighted by atomic mass is 35.5. The molecule has 1 aliphatic rings. The van der Waals surface area contributed by atoms with Crippen LogP contribution < -0.4 is 14.8 Å². The lowest BCUT2D eigenvalue weighted by Gasteiger charge is -2.20. The Hall–Kier alpha value is -1.56. The van der Waals surface area contributed by atoms with E-state index in [1.165, 1.54) is 11.8 Å². The van der Waals surface area contributed by atoms with Crippen LogP contribution in [-0.2, 0) is 4.79 Å². The second-order valence-electron chi connectivity index (χ2n) is 5.50. The molecule has 0 aromatic heterocycles. The molecule has 2 aromatic carbocycles. The Morgan fingerprint density at radius 1 is 1.16 bits per heavy atom. The molecule has 1 aliphatic heterocycles. The Balaban J connectivity index is 1.60. The van der Waals surface area contributed by atoms with E-state index in [-0.39, 0.29) is 16.9 Å². The predicted octanol–water partition coefficient (Wildman–Crippen LogP) is 5.20. The average Bonchev–Trinajstić information content (AvgIpc) is 2.61. The van der Waals surface area contributed by atoms with E-state index < -0.39 is 0 Å². The number of amides is 1. The lowest BCUT2D eigenvalue weighted by Crippen LogP contribution is -2.18. The van der Waals surface area contributed by atoms with Crippen LogP contribution in [0.4, 0.5) is 5.69 Å². The minimum atomic E-state index is -0.137. The molecule has 3 rings (SSSR count). The molecule has 0 bridgehead atoms. The van der Waals surface area contributed by atoms with Crippen molar-refractivity contribution in [2.24, 2.45) is 0 Å². The molecule has 1 heterocycles. The highest BCUT2D eigenvalue weighted by molar-refractivity contribution is 8.00. The molecule has 0 radical (unpaired) electrons. The topological polar surface area (TPSA) is 47.6 Å². The number of halogens is 2. The number of fused-ring (bicyclic) bond motifs is 1. The van der Waals surface area contributed by atoms with Crippen LogP contribution in [0.2, 0.25) is 10.0 Å². The number of carbonyl (C=O) groups excluding carboxylic acids is 1. The number of benzene rings is 2. The minimum Gasteiger partial charge on any atom is -0.486 e. The van der Waals surface area contributed by atoms with Crippen molar-refractivity contribution in [3.63, 3.8) is 0 Å². The largest absolute Gasteiger partial charge is 0.486 e. The quantitative estimate of drug-likeness (QED) is 0.752. The lowest BCUT2D eigenvalue weighted by atomic mass is 10.2. The van der Waals surface area contributed by atoms with E-state index in [2.05, 4.69) is 5.32 Å². The molecule has 0 fully saturated rings. The van der Waals surface area contributed by atoms with Gasteiger partial charge in [-0.05, 0) is 18.6 Å². The molecule has 2 aromatic rings. The van der Waals surface area contributed by atoms with Gasteiger partial charge in [-0.2, -0.15) is 0 Å². The minimum absolute atomic E-state index is 0.107. The number of hydrogen-bond acceptors (Lipinski definition) is 4. The average molecular weight is 398 g/mol. The lowest BCUT2D eigenvalue weighted by molar-refractivity contribution is -0.113. The van der Waals surface area contributed by atoms with Gasteiger partial charge in [-0.1, -0.05) is 41.4 Å². The van der Waals surface area contributed by atoms with E-state index in [4.69, 9.17) is 32.7 Å². The van der Waals surface area contributed by atoms with Crippen molar-refractivity contribution in [1.82, 2.24) is 0 Å². The molecule has 1 unspecified atom stereocenters. The molecule has 0 saturated carbocycles. The van der Waals surface area contributed by atoms with Crippen molar-refractivity contribution in [3.05, 3.63) is 52.0 Å². The summed E-state index contributed by atoms with van der Waals surface area (Å²) in [7, 11) is 0. The molecular formula is C18H17Cl2NO3S. The Labute approximate surface area is 160 Å². The van der Waals surface area contributed by atoms with Crippen LogP contribution in [0.15, 0.2) is 36.4 Å². The molecule has 4 nitrogen and oxygen atoms in total. The molecule has 0 spiro atoms.